The standard InChI is InChI=1S/C7H14N2/c1-7-2-3-9-6(7)4-8-5-7/h6,8-9H,2-5H2,1H3/t6?,7-/m1/s1. The fourth-order valence-corrected chi connectivity index (χ4v) is 1.98. The van der Waals surface area contributed by atoms with Crippen LogP contribution >= 0.6 is 0 Å². The van der Waals surface area contributed by atoms with E-state index in [9.17, 15) is 0 Å². The molecule has 2 aliphatic heterocycles. The summed E-state index contributed by atoms with van der Waals surface area (Å²) in [7, 11) is 0. The molecule has 2 rings (SSSR count). The van der Waals surface area contributed by atoms with Crippen molar-refractivity contribution in [2.45, 2.75) is 19.4 Å². The Bertz CT molecular complexity index is 112. The summed E-state index contributed by atoms with van der Waals surface area (Å²) in [6.45, 7) is 5.99. The highest BCUT2D eigenvalue weighted by Crippen LogP contribution is 2.32. The largest absolute Gasteiger partial charge is 0.315 e. The Balaban J connectivity index is 2.17. The first kappa shape index (κ1) is 5.69. The third-order valence-corrected chi connectivity index (χ3v) is 2.81. The van der Waals surface area contributed by atoms with Crippen molar-refractivity contribution in [1.29, 1.82) is 0 Å². The van der Waals surface area contributed by atoms with Crippen LogP contribution in [0.25, 0.3) is 0 Å². The van der Waals surface area contributed by atoms with Gasteiger partial charge in [0.05, 0.1) is 0 Å². The topological polar surface area (TPSA) is 24.1 Å². The molecule has 52 valence electrons. The Kier molecular flexibility index (Phi) is 1.08. The van der Waals surface area contributed by atoms with Crippen LogP contribution in [0, 0.1) is 5.41 Å². The lowest BCUT2D eigenvalue weighted by atomic mass is 9.86. The summed E-state index contributed by atoms with van der Waals surface area (Å²) in [5.74, 6) is 0. The SMILES string of the molecule is C[C@]12CCNC1CNC2. The molecule has 2 saturated heterocycles. The molecule has 0 saturated carbocycles. The van der Waals surface area contributed by atoms with Crippen LogP contribution in [0.4, 0.5) is 0 Å². The van der Waals surface area contributed by atoms with E-state index < -0.39 is 0 Å². The number of rotatable bonds is 0. The summed E-state index contributed by atoms with van der Waals surface area (Å²) in [5, 5.41) is 6.90. The molecule has 0 amide bonds. The van der Waals surface area contributed by atoms with Crippen LogP contribution in [-0.4, -0.2) is 25.7 Å². The van der Waals surface area contributed by atoms with Crippen LogP contribution in [-0.2, 0) is 0 Å². The smallest absolute Gasteiger partial charge is 0.0258 e. The van der Waals surface area contributed by atoms with Crippen LogP contribution in [0.3, 0.4) is 0 Å². The zero-order valence-corrected chi connectivity index (χ0v) is 5.91. The maximum Gasteiger partial charge on any atom is 0.0258 e. The lowest BCUT2D eigenvalue weighted by Crippen LogP contribution is -2.32. The Labute approximate surface area is 56.0 Å². The molecule has 0 spiro atoms. The zero-order valence-electron chi connectivity index (χ0n) is 5.91. The molecule has 2 aliphatic rings. The lowest BCUT2D eigenvalue weighted by molar-refractivity contribution is 0.354. The second-order valence-electron chi connectivity index (χ2n) is 3.54. The van der Waals surface area contributed by atoms with E-state index in [0.717, 1.165) is 6.04 Å². The normalized spacial score (nSPS) is 49.7. The van der Waals surface area contributed by atoms with Gasteiger partial charge in [0.25, 0.3) is 0 Å². The maximum atomic E-state index is 3.50. The molecular formula is C7H14N2. The third kappa shape index (κ3) is 0.700. The lowest BCUT2D eigenvalue weighted by Gasteiger charge is -2.20. The molecule has 0 aromatic rings. The number of hydrogen-bond donors (Lipinski definition) is 2. The molecule has 2 nitrogen and oxygen atoms in total. The van der Waals surface area contributed by atoms with E-state index in [1.165, 1.54) is 26.1 Å². The van der Waals surface area contributed by atoms with Crippen molar-refractivity contribution in [2.24, 2.45) is 5.41 Å². The molecule has 0 bridgehead atoms. The quantitative estimate of drug-likeness (QED) is 0.476. The van der Waals surface area contributed by atoms with Gasteiger partial charge in [-0.25, -0.2) is 0 Å². The minimum atomic E-state index is 0.583. The van der Waals surface area contributed by atoms with Gasteiger partial charge in [-0.15, -0.1) is 0 Å². The monoisotopic (exact) mass is 126 g/mol. The molecular weight excluding hydrogens is 112 g/mol. The summed E-state index contributed by atoms with van der Waals surface area (Å²) in [6, 6.07) is 0.762. The van der Waals surface area contributed by atoms with E-state index >= 15 is 0 Å². The summed E-state index contributed by atoms with van der Waals surface area (Å²) >= 11 is 0. The average molecular weight is 126 g/mol. The van der Waals surface area contributed by atoms with Crippen LogP contribution in [0.2, 0.25) is 0 Å². The van der Waals surface area contributed by atoms with E-state index in [1.54, 1.807) is 0 Å². The third-order valence-electron chi connectivity index (χ3n) is 2.81. The molecule has 0 aliphatic carbocycles. The predicted octanol–water partition coefficient (Wildman–Crippen LogP) is -0.0422. The van der Waals surface area contributed by atoms with Gasteiger partial charge >= 0.3 is 0 Å². The van der Waals surface area contributed by atoms with Gasteiger partial charge in [-0.2, -0.15) is 0 Å². The van der Waals surface area contributed by atoms with E-state index in [0.29, 0.717) is 5.41 Å². The molecule has 1 unspecified atom stereocenters. The molecule has 2 atom stereocenters. The van der Waals surface area contributed by atoms with Crippen LogP contribution in [0.15, 0.2) is 0 Å². The van der Waals surface area contributed by atoms with E-state index in [4.69, 9.17) is 0 Å². The molecule has 2 N–H and O–H groups in total. The van der Waals surface area contributed by atoms with Gasteiger partial charge in [0, 0.05) is 19.1 Å². The van der Waals surface area contributed by atoms with Crippen molar-refractivity contribution in [3.8, 4) is 0 Å². The van der Waals surface area contributed by atoms with Gasteiger partial charge in [0.15, 0.2) is 0 Å². The summed E-state index contributed by atoms with van der Waals surface area (Å²) < 4.78 is 0. The van der Waals surface area contributed by atoms with Gasteiger partial charge < -0.3 is 10.6 Å². The molecule has 0 aromatic heterocycles. The fourth-order valence-electron chi connectivity index (χ4n) is 1.98. The van der Waals surface area contributed by atoms with Crippen molar-refractivity contribution in [1.82, 2.24) is 10.6 Å². The highest BCUT2D eigenvalue weighted by molar-refractivity contribution is 5.01. The van der Waals surface area contributed by atoms with Gasteiger partial charge in [-0.3, -0.25) is 0 Å². The minimum absolute atomic E-state index is 0.583. The Morgan fingerprint density at radius 3 is 3.22 bits per heavy atom. The predicted molar refractivity (Wildman–Crippen MR) is 37.4 cm³/mol. The number of nitrogens with one attached hydrogen (secondary N) is 2. The molecule has 2 heterocycles. The van der Waals surface area contributed by atoms with Gasteiger partial charge in [-0.05, 0) is 18.4 Å². The Morgan fingerprint density at radius 1 is 1.56 bits per heavy atom. The first-order valence-electron chi connectivity index (χ1n) is 3.75. The van der Waals surface area contributed by atoms with Crippen LogP contribution < -0.4 is 10.6 Å². The molecule has 2 fully saturated rings. The average Bonchev–Trinajstić information content (AvgIpc) is 2.22. The first-order chi connectivity index (χ1) is 4.31. The second-order valence-corrected chi connectivity index (χ2v) is 3.54. The molecule has 2 heteroatoms. The van der Waals surface area contributed by atoms with Crippen molar-refractivity contribution < 1.29 is 0 Å². The summed E-state index contributed by atoms with van der Waals surface area (Å²) in [4.78, 5) is 0. The first-order valence-corrected chi connectivity index (χ1v) is 3.75. The highest BCUT2D eigenvalue weighted by atomic mass is 15.1. The van der Waals surface area contributed by atoms with E-state index in [2.05, 4.69) is 17.6 Å². The van der Waals surface area contributed by atoms with Crippen LogP contribution in [0.5, 0.6) is 0 Å². The van der Waals surface area contributed by atoms with Crippen molar-refractivity contribution in [3.63, 3.8) is 0 Å². The van der Waals surface area contributed by atoms with Gasteiger partial charge in [-0.1, -0.05) is 6.92 Å². The van der Waals surface area contributed by atoms with E-state index in [-0.39, 0.29) is 0 Å². The van der Waals surface area contributed by atoms with Gasteiger partial charge in [0.2, 0.25) is 0 Å². The maximum absolute atomic E-state index is 3.50. The van der Waals surface area contributed by atoms with Crippen molar-refractivity contribution in [3.05, 3.63) is 0 Å². The minimum Gasteiger partial charge on any atom is -0.315 e. The molecule has 0 radical (unpaired) electrons. The van der Waals surface area contributed by atoms with Crippen molar-refractivity contribution >= 4 is 0 Å². The second kappa shape index (κ2) is 1.70. The summed E-state index contributed by atoms with van der Waals surface area (Å²) in [6.07, 6.45) is 1.35. The Morgan fingerprint density at radius 2 is 2.44 bits per heavy atom. The highest BCUT2D eigenvalue weighted by Gasteiger charge is 2.41. The zero-order chi connectivity index (χ0) is 6.32. The van der Waals surface area contributed by atoms with E-state index in [1.807, 2.05) is 0 Å². The number of hydrogen-bond acceptors (Lipinski definition) is 2. The van der Waals surface area contributed by atoms with Crippen molar-refractivity contribution in [2.75, 3.05) is 19.6 Å². The molecule has 9 heavy (non-hydrogen) atoms. The van der Waals surface area contributed by atoms with Gasteiger partial charge in [0.1, 0.15) is 0 Å². The summed E-state index contributed by atoms with van der Waals surface area (Å²) in [5.41, 5.74) is 0.583. The molecule has 0 aromatic carbocycles. The fraction of sp³-hybridized carbons (Fsp3) is 1.00. The Hall–Kier alpha value is -0.0800. The number of fused-ring (bicyclic) bond motifs is 1. The van der Waals surface area contributed by atoms with Crippen LogP contribution in [0.1, 0.15) is 13.3 Å².